The van der Waals surface area contributed by atoms with Gasteiger partial charge in [-0.1, -0.05) is 27.7 Å². The minimum absolute atomic E-state index is 0.0567. The maximum absolute atomic E-state index is 11.1. The molecule has 0 saturated carbocycles. The van der Waals surface area contributed by atoms with E-state index in [9.17, 15) is 4.79 Å². The van der Waals surface area contributed by atoms with E-state index in [-0.39, 0.29) is 5.97 Å². The van der Waals surface area contributed by atoms with Crippen molar-refractivity contribution in [2.75, 3.05) is 6.61 Å². The lowest BCUT2D eigenvalue weighted by atomic mass is 10.1. The fourth-order valence-corrected chi connectivity index (χ4v) is 1.07. The number of rotatable bonds is 6. The van der Waals surface area contributed by atoms with Gasteiger partial charge in [0.15, 0.2) is 0 Å². The molecule has 0 radical (unpaired) electrons. The highest BCUT2D eigenvalue weighted by molar-refractivity contribution is 5.69. The lowest BCUT2D eigenvalue weighted by Gasteiger charge is -2.07. The Kier molecular flexibility index (Phi) is 6.65. The Balaban J connectivity index is 3.27. The first-order chi connectivity index (χ1) is 6.02. The highest BCUT2D eigenvalue weighted by Crippen LogP contribution is 2.05. The molecule has 0 aliphatic rings. The van der Waals surface area contributed by atoms with E-state index in [1.165, 1.54) is 0 Å². The Morgan fingerprint density at radius 2 is 1.77 bits per heavy atom. The predicted octanol–water partition coefficient (Wildman–Crippen LogP) is 3.01. The number of carbonyl (C=O) groups is 1. The van der Waals surface area contributed by atoms with E-state index in [2.05, 4.69) is 13.8 Å². The fraction of sp³-hybridized carbons (Fsp3) is 0.909. The molecule has 0 rings (SSSR count). The summed E-state index contributed by atoms with van der Waals surface area (Å²) >= 11 is 0. The average Bonchev–Trinajstić information content (AvgIpc) is 1.96. The molecule has 0 aromatic heterocycles. The number of ether oxygens (including phenoxy) is 1. The van der Waals surface area contributed by atoms with Crippen LogP contribution in [0.4, 0.5) is 0 Å². The van der Waals surface area contributed by atoms with Gasteiger partial charge in [-0.05, 0) is 24.7 Å². The molecule has 0 aromatic carbocycles. The van der Waals surface area contributed by atoms with Gasteiger partial charge in [0.25, 0.3) is 0 Å². The summed E-state index contributed by atoms with van der Waals surface area (Å²) in [6.07, 6.45) is 2.66. The van der Waals surface area contributed by atoms with Gasteiger partial charge in [-0.3, -0.25) is 4.79 Å². The summed E-state index contributed by atoms with van der Waals surface area (Å²) in [4.78, 5) is 11.1. The average molecular weight is 186 g/mol. The molecular formula is C11H22O2. The maximum Gasteiger partial charge on any atom is 0.306 e. The van der Waals surface area contributed by atoms with Crippen LogP contribution >= 0.6 is 0 Å². The van der Waals surface area contributed by atoms with E-state index in [0.29, 0.717) is 24.9 Å². The van der Waals surface area contributed by atoms with Crippen LogP contribution in [0, 0.1) is 11.8 Å². The van der Waals surface area contributed by atoms with Crippen LogP contribution in [0.2, 0.25) is 0 Å². The summed E-state index contributed by atoms with van der Waals surface area (Å²) in [5, 5.41) is 0. The normalized spacial score (nSPS) is 10.9. The first-order valence-corrected chi connectivity index (χ1v) is 5.18. The molecule has 0 unspecified atom stereocenters. The summed E-state index contributed by atoms with van der Waals surface area (Å²) < 4.78 is 5.06. The van der Waals surface area contributed by atoms with Crippen LogP contribution in [-0.2, 0) is 9.53 Å². The van der Waals surface area contributed by atoms with E-state index in [1.54, 1.807) is 0 Å². The Morgan fingerprint density at radius 1 is 1.15 bits per heavy atom. The Hall–Kier alpha value is -0.530. The Labute approximate surface area is 81.7 Å². The van der Waals surface area contributed by atoms with Crippen LogP contribution in [0.3, 0.4) is 0 Å². The van der Waals surface area contributed by atoms with Gasteiger partial charge in [0.2, 0.25) is 0 Å². The lowest BCUT2D eigenvalue weighted by Crippen LogP contribution is -2.09. The highest BCUT2D eigenvalue weighted by atomic mass is 16.5. The monoisotopic (exact) mass is 186 g/mol. The van der Waals surface area contributed by atoms with Gasteiger partial charge in [0, 0.05) is 6.42 Å². The zero-order valence-electron chi connectivity index (χ0n) is 9.30. The van der Waals surface area contributed by atoms with Crippen molar-refractivity contribution in [1.29, 1.82) is 0 Å². The van der Waals surface area contributed by atoms with Crippen molar-refractivity contribution >= 4 is 5.97 Å². The van der Waals surface area contributed by atoms with Crippen molar-refractivity contribution in [3.05, 3.63) is 0 Å². The molecule has 0 fully saturated rings. The van der Waals surface area contributed by atoms with Gasteiger partial charge in [0.1, 0.15) is 0 Å². The molecule has 0 aliphatic carbocycles. The van der Waals surface area contributed by atoms with Gasteiger partial charge < -0.3 is 4.74 Å². The molecule has 0 amide bonds. The van der Waals surface area contributed by atoms with Crippen molar-refractivity contribution in [3.63, 3.8) is 0 Å². The van der Waals surface area contributed by atoms with Gasteiger partial charge in [-0.25, -0.2) is 0 Å². The van der Waals surface area contributed by atoms with Crippen LogP contribution in [0.25, 0.3) is 0 Å². The smallest absolute Gasteiger partial charge is 0.306 e. The quantitative estimate of drug-likeness (QED) is 0.471. The Morgan fingerprint density at radius 3 is 2.23 bits per heavy atom. The first kappa shape index (κ1) is 12.5. The molecule has 0 heterocycles. The van der Waals surface area contributed by atoms with Crippen LogP contribution in [-0.4, -0.2) is 12.6 Å². The largest absolute Gasteiger partial charge is 0.466 e. The predicted molar refractivity (Wildman–Crippen MR) is 54.5 cm³/mol. The standard InChI is InChI=1S/C11H22O2/c1-9(2)6-5-7-13-11(12)8-10(3)4/h9-10H,5-8H2,1-4H3. The molecule has 0 atom stereocenters. The number of carbonyl (C=O) groups excluding carboxylic acids is 1. The number of hydrogen-bond donors (Lipinski definition) is 0. The van der Waals surface area contributed by atoms with Crippen molar-refractivity contribution < 1.29 is 9.53 Å². The second-order valence-corrected chi connectivity index (χ2v) is 4.35. The summed E-state index contributed by atoms with van der Waals surface area (Å²) in [5.74, 6) is 1.04. The van der Waals surface area contributed by atoms with E-state index in [1.807, 2.05) is 13.8 Å². The molecule has 13 heavy (non-hydrogen) atoms. The van der Waals surface area contributed by atoms with Crippen LogP contribution < -0.4 is 0 Å². The summed E-state index contributed by atoms with van der Waals surface area (Å²) in [7, 11) is 0. The molecule has 2 heteroatoms. The SMILES string of the molecule is CC(C)CCCOC(=O)CC(C)C. The third kappa shape index (κ3) is 9.38. The third-order valence-corrected chi connectivity index (χ3v) is 1.76. The van der Waals surface area contributed by atoms with Gasteiger partial charge in [-0.15, -0.1) is 0 Å². The minimum atomic E-state index is -0.0567. The molecule has 0 bridgehead atoms. The van der Waals surface area contributed by atoms with E-state index < -0.39 is 0 Å². The zero-order chi connectivity index (χ0) is 10.3. The van der Waals surface area contributed by atoms with E-state index in [0.717, 1.165) is 12.8 Å². The molecular weight excluding hydrogens is 164 g/mol. The second-order valence-electron chi connectivity index (χ2n) is 4.35. The topological polar surface area (TPSA) is 26.3 Å². The molecule has 0 aromatic rings. The molecule has 0 saturated heterocycles. The molecule has 2 nitrogen and oxygen atoms in total. The van der Waals surface area contributed by atoms with E-state index >= 15 is 0 Å². The molecule has 0 N–H and O–H groups in total. The first-order valence-electron chi connectivity index (χ1n) is 5.18. The summed E-state index contributed by atoms with van der Waals surface area (Å²) in [5.41, 5.74) is 0. The highest BCUT2D eigenvalue weighted by Gasteiger charge is 2.05. The van der Waals surface area contributed by atoms with Crippen molar-refractivity contribution in [3.8, 4) is 0 Å². The van der Waals surface area contributed by atoms with Crippen molar-refractivity contribution in [2.24, 2.45) is 11.8 Å². The zero-order valence-corrected chi connectivity index (χ0v) is 9.30. The van der Waals surface area contributed by atoms with Crippen molar-refractivity contribution in [1.82, 2.24) is 0 Å². The maximum atomic E-state index is 11.1. The fourth-order valence-electron chi connectivity index (χ4n) is 1.07. The molecule has 0 spiro atoms. The van der Waals surface area contributed by atoms with Gasteiger partial charge in [0.05, 0.1) is 6.61 Å². The van der Waals surface area contributed by atoms with E-state index in [4.69, 9.17) is 4.74 Å². The van der Waals surface area contributed by atoms with Gasteiger partial charge in [-0.2, -0.15) is 0 Å². The van der Waals surface area contributed by atoms with Crippen LogP contribution in [0.15, 0.2) is 0 Å². The van der Waals surface area contributed by atoms with Gasteiger partial charge >= 0.3 is 5.97 Å². The summed E-state index contributed by atoms with van der Waals surface area (Å²) in [6, 6.07) is 0. The lowest BCUT2D eigenvalue weighted by molar-refractivity contribution is -0.144. The number of hydrogen-bond acceptors (Lipinski definition) is 2. The second kappa shape index (κ2) is 6.93. The number of esters is 1. The minimum Gasteiger partial charge on any atom is -0.466 e. The Bertz CT molecular complexity index is 139. The molecule has 78 valence electrons. The third-order valence-electron chi connectivity index (χ3n) is 1.76. The van der Waals surface area contributed by atoms with Crippen LogP contribution in [0.5, 0.6) is 0 Å². The molecule has 0 aliphatic heterocycles. The summed E-state index contributed by atoms with van der Waals surface area (Å²) in [6.45, 7) is 8.99. The van der Waals surface area contributed by atoms with Crippen LogP contribution in [0.1, 0.15) is 47.0 Å². The van der Waals surface area contributed by atoms with Crippen molar-refractivity contribution in [2.45, 2.75) is 47.0 Å².